The predicted molar refractivity (Wildman–Crippen MR) is 81.8 cm³/mol. The van der Waals surface area contributed by atoms with Gasteiger partial charge in [-0.05, 0) is 37.5 Å². The minimum absolute atomic E-state index is 0.123. The molecular weight excluding hydrogens is 265 g/mol. The number of nitrogens with zero attached hydrogens (tertiary/aromatic N) is 1. The number of phenols is 1. The molecule has 110 valence electrons. The van der Waals surface area contributed by atoms with Gasteiger partial charge in [0.1, 0.15) is 11.6 Å². The summed E-state index contributed by atoms with van der Waals surface area (Å²) >= 11 is 0. The van der Waals surface area contributed by atoms with E-state index in [9.17, 15) is 9.50 Å². The zero-order valence-electron chi connectivity index (χ0n) is 12.5. The van der Waals surface area contributed by atoms with Gasteiger partial charge >= 0.3 is 0 Å². The molecule has 0 atom stereocenters. The quantitative estimate of drug-likeness (QED) is 0.909. The number of phenolic OH excluding ortho intramolecular Hbond substituents is 1. The van der Waals surface area contributed by atoms with Crippen LogP contribution in [0.2, 0.25) is 0 Å². The number of hydrogen-bond acceptors (Lipinski definition) is 2. The summed E-state index contributed by atoms with van der Waals surface area (Å²) in [7, 11) is 0. The highest BCUT2D eigenvalue weighted by Gasteiger charge is 2.20. The molecule has 1 N–H and O–H groups in total. The highest BCUT2D eigenvalue weighted by atomic mass is 19.1. The predicted octanol–water partition coefficient (Wildman–Crippen LogP) is 3.71. The topological polar surface area (TPSA) is 23.5 Å². The van der Waals surface area contributed by atoms with Crippen LogP contribution in [0, 0.1) is 19.7 Å². The molecule has 0 bridgehead atoms. The number of aryl methyl sites for hydroxylation is 2. The lowest BCUT2D eigenvalue weighted by molar-refractivity contribution is 0.237. The maximum Gasteiger partial charge on any atom is 0.127 e. The lowest BCUT2D eigenvalue weighted by Gasteiger charge is -2.29. The Labute approximate surface area is 124 Å². The van der Waals surface area contributed by atoms with Crippen molar-refractivity contribution < 1.29 is 9.50 Å². The van der Waals surface area contributed by atoms with Gasteiger partial charge in [-0.15, -0.1) is 0 Å². The van der Waals surface area contributed by atoms with Crippen LogP contribution in [0.1, 0.15) is 27.8 Å². The average molecular weight is 285 g/mol. The number of benzene rings is 2. The van der Waals surface area contributed by atoms with Crippen LogP contribution in [0.3, 0.4) is 0 Å². The molecule has 1 aliphatic heterocycles. The highest BCUT2D eigenvalue weighted by Crippen LogP contribution is 2.28. The molecule has 0 radical (unpaired) electrons. The summed E-state index contributed by atoms with van der Waals surface area (Å²) in [5, 5.41) is 10.2. The van der Waals surface area contributed by atoms with Crippen molar-refractivity contribution in [1.29, 1.82) is 0 Å². The normalized spacial score (nSPS) is 15.0. The maximum absolute atomic E-state index is 13.9. The second-order valence-corrected chi connectivity index (χ2v) is 5.93. The Bertz CT molecular complexity index is 681. The fourth-order valence-corrected chi connectivity index (χ4v) is 3.14. The summed E-state index contributed by atoms with van der Waals surface area (Å²) in [6.45, 7) is 6.09. The Morgan fingerprint density at radius 3 is 2.86 bits per heavy atom. The molecule has 0 fully saturated rings. The van der Waals surface area contributed by atoms with E-state index in [4.69, 9.17) is 0 Å². The van der Waals surface area contributed by atoms with Gasteiger partial charge in [0, 0.05) is 30.8 Å². The summed E-state index contributed by atoms with van der Waals surface area (Å²) in [6.07, 6.45) is 0.860. The summed E-state index contributed by atoms with van der Waals surface area (Å²) in [5.41, 5.74) is 4.87. The molecular formula is C18H20FNO. The van der Waals surface area contributed by atoms with E-state index >= 15 is 0 Å². The first-order chi connectivity index (χ1) is 10.0. The summed E-state index contributed by atoms with van der Waals surface area (Å²) in [4.78, 5) is 2.19. The van der Waals surface area contributed by atoms with E-state index in [2.05, 4.69) is 4.90 Å². The van der Waals surface area contributed by atoms with Gasteiger partial charge in [-0.2, -0.15) is 0 Å². The van der Waals surface area contributed by atoms with Crippen molar-refractivity contribution in [3.63, 3.8) is 0 Å². The van der Waals surface area contributed by atoms with Crippen LogP contribution in [-0.4, -0.2) is 16.6 Å². The summed E-state index contributed by atoms with van der Waals surface area (Å²) in [6, 6.07) is 9.30. The highest BCUT2D eigenvalue weighted by molar-refractivity contribution is 5.42. The van der Waals surface area contributed by atoms with E-state index in [0.29, 0.717) is 18.8 Å². The van der Waals surface area contributed by atoms with Gasteiger partial charge in [0.15, 0.2) is 0 Å². The van der Waals surface area contributed by atoms with Crippen LogP contribution in [-0.2, 0) is 19.5 Å². The van der Waals surface area contributed by atoms with E-state index < -0.39 is 0 Å². The van der Waals surface area contributed by atoms with Gasteiger partial charge in [-0.1, -0.05) is 29.8 Å². The van der Waals surface area contributed by atoms with Crippen LogP contribution < -0.4 is 0 Å². The van der Waals surface area contributed by atoms with Gasteiger partial charge in [0.25, 0.3) is 0 Å². The second kappa shape index (κ2) is 5.49. The molecule has 3 rings (SSSR count). The largest absolute Gasteiger partial charge is 0.507 e. The smallest absolute Gasteiger partial charge is 0.127 e. The molecule has 0 aromatic heterocycles. The SMILES string of the molecule is Cc1cc(C)c(O)c(CN2CCc3cccc(F)c3C2)c1. The number of hydrogen-bond donors (Lipinski definition) is 1. The third-order valence-electron chi connectivity index (χ3n) is 4.21. The molecule has 1 aliphatic rings. The molecule has 3 heteroatoms. The van der Waals surface area contributed by atoms with Crippen LogP contribution in [0.4, 0.5) is 4.39 Å². The van der Waals surface area contributed by atoms with Crippen LogP contribution in [0.15, 0.2) is 30.3 Å². The standard InChI is InChI=1S/C18H20FNO/c1-12-8-13(2)18(21)15(9-12)10-20-7-6-14-4-3-5-17(19)16(14)11-20/h3-5,8-9,21H,6-7,10-11H2,1-2H3. The lowest BCUT2D eigenvalue weighted by Crippen LogP contribution is -2.30. The monoisotopic (exact) mass is 285 g/mol. The van der Waals surface area contributed by atoms with Crippen LogP contribution >= 0.6 is 0 Å². The molecule has 2 nitrogen and oxygen atoms in total. The first kappa shape index (κ1) is 14.1. The van der Waals surface area contributed by atoms with E-state index in [1.165, 1.54) is 6.07 Å². The summed E-state index contributed by atoms with van der Waals surface area (Å²) < 4.78 is 13.9. The fourth-order valence-electron chi connectivity index (χ4n) is 3.14. The van der Waals surface area contributed by atoms with Crippen LogP contribution in [0.5, 0.6) is 5.75 Å². The fraction of sp³-hybridized carbons (Fsp3) is 0.333. The Morgan fingerprint density at radius 1 is 1.24 bits per heavy atom. The third-order valence-corrected chi connectivity index (χ3v) is 4.21. The zero-order chi connectivity index (χ0) is 15.0. The van der Waals surface area contributed by atoms with Gasteiger partial charge in [-0.3, -0.25) is 4.90 Å². The van der Waals surface area contributed by atoms with Gasteiger partial charge in [0.2, 0.25) is 0 Å². The minimum Gasteiger partial charge on any atom is -0.507 e. The molecule has 0 amide bonds. The Kier molecular flexibility index (Phi) is 3.68. The first-order valence-electron chi connectivity index (χ1n) is 7.32. The molecule has 0 aliphatic carbocycles. The number of aromatic hydroxyl groups is 1. The second-order valence-electron chi connectivity index (χ2n) is 5.93. The first-order valence-corrected chi connectivity index (χ1v) is 7.32. The Hall–Kier alpha value is -1.87. The van der Waals surface area contributed by atoms with Crippen molar-refractivity contribution in [3.8, 4) is 5.75 Å². The van der Waals surface area contributed by atoms with Crippen molar-refractivity contribution in [2.24, 2.45) is 0 Å². The molecule has 2 aromatic carbocycles. The van der Waals surface area contributed by atoms with Crippen molar-refractivity contribution in [2.75, 3.05) is 6.54 Å². The molecule has 1 heterocycles. The van der Waals surface area contributed by atoms with Gasteiger partial charge in [-0.25, -0.2) is 4.39 Å². The van der Waals surface area contributed by atoms with E-state index in [1.54, 1.807) is 6.07 Å². The number of fused-ring (bicyclic) bond motifs is 1. The molecule has 0 saturated carbocycles. The van der Waals surface area contributed by atoms with E-state index in [0.717, 1.165) is 40.8 Å². The average Bonchev–Trinajstić information content (AvgIpc) is 2.45. The van der Waals surface area contributed by atoms with Gasteiger partial charge in [0.05, 0.1) is 0 Å². The van der Waals surface area contributed by atoms with Crippen molar-refractivity contribution >= 4 is 0 Å². The van der Waals surface area contributed by atoms with Crippen molar-refractivity contribution in [2.45, 2.75) is 33.4 Å². The lowest BCUT2D eigenvalue weighted by atomic mass is 9.98. The molecule has 0 unspecified atom stereocenters. The molecule has 0 saturated heterocycles. The molecule has 2 aromatic rings. The maximum atomic E-state index is 13.9. The number of halogens is 1. The number of rotatable bonds is 2. The van der Waals surface area contributed by atoms with Crippen molar-refractivity contribution in [1.82, 2.24) is 4.90 Å². The van der Waals surface area contributed by atoms with Crippen molar-refractivity contribution in [3.05, 3.63) is 64.0 Å². The van der Waals surface area contributed by atoms with E-state index in [-0.39, 0.29) is 5.82 Å². The van der Waals surface area contributed by atoms with E-state index in [1.807, 2.05) is 32.0 Å². The Morgan fingerprint density at radius 2 is 2.05 bits per heavy atom. The minimum atomic E-state index is -0.123. The molecule has 0 spiro atoms. The Balaban J connectivity index is 1.83. The zero-order valence-corrected chi connectivity index (χ0v) is 12.5. The van der Waals surface area contributed by atoms with Crippen LogP contribution in [0.25, 0.3) is 0 Å². The summed E-state index contributed by atoms with van der Waals surface area (Å²) in [5.74, 6) is 0.238. The third kappa shape index (κ3) is 2.79. The van der Waals surface area contributed by atoms with Gasteiger partial charge < -0.3 is 5.11 Å². The molecule has 21 heavy (non-hydrogen) atoms.